The summed E-state index contributed by atoms with van der Waals surface area (Å²) in [4.78, 5) is 30.0. The minimum atomic E-state index is -0.678. The normalized spacial score (nSPS) is 19.0. The lowest BCUT2D eigenvalue weighted by Crippen LogP contribution is -2.48. The van der Waals surface area contributed by atoms with Crippen LogP contribution in [0.2, 0.25) is 0 Å². The topological polar surface area (TPSA) is 108 Å². The standard InChI is InChI=1S/C19H20FN7O2/c1-9(25-17-14-16(22-7-21-14)23-8-24-17)18-26-12-6-5-11(20)13(19(28)29-2)15(12)27(18)10-3-4-10/h5-10,18,26H,3-4H2,1-2H3,(H2,21,22,23,24,25)/t9-,18?/m0/s1. The average Bonchev–Trinajstić information content (AvgIpc) is 3.30. The van der Waals surface area contributed by atoms with Crippen LogP contribution < -0.4 is 15.5 Å². The smallest absolute Gasteiger partial charge is 0.343 e. The van der Waals surface area contributed by atoms with E-state index in [1.165, 1.54) is 19.5 Å². The van der Waals surface area contributed by atoms with Crippen molar-refractivity contribution in [2.24, 2.45) is 0 Å². The highest BCUT2D eigenvalue weighted by Gasteiger charge is 2.44. The number of benzene rings is 1. The first-order chi connectivity index (χ1) is 14.1. The van der Waals surface area contributed by atoms with Crippen molar-refractivity contribution in [3.8, 4) is 0 Å². The molecule has 3 heterocycles. The maximum atomic E-state index is 14.6. The van der Waals surface area contributed by atoms with Gasteiger partial charge in [0.2, 0.25) is 0 Å². The fraction of sp³-hybridized carbons (Fsp3) is 0.368. The van der Waals surface area contributed by atoms with Crippen LogP contribution in [0.25, 0.3) is 11.2 Å². The van der Waals surface area contributed by atoms with Gasteiger partial charge in [0, 0.05) is 6.04 Å². The van der Waals surface area contributed by atoms with Crippen molar-refractivity contribution < 1.29 is 13.9 Å². The summed E-state index contributed by atoms with van der Waals surface area (Å²) in [6.45, 7) is 2.01. The molecule has 29 heavy (non-hydrogen) atoms. The monoisotopic (exact) mass is 397 g/mol. The van der Waals surface area contributed by atoms with Crippen molar-refractivity contribution in [1.82, 2.24) is 19.9 Å². The third-order valence-electron chi connectivity index (χ3n) is 5.38. The lowest BCUT2D eigenvalue weighted by atomic mass is 10.1. The number of aromatic amines is 1. The zero-order chi connectivity index (χ0) is 20.1. The number of imidazole rings is 1. The number of ether oxygens (including phenoxy) is 1. The van der Waals surface area contributed by atoms with Gasteiger partial charge in [0.05, 0.1) is 30.9 Å². The Morgan fingerprint density at radius 1 is 1.34 bits per heavy atom. The number of anilines is 3. The number of methoxy groups -OCH3 is 1. The first-order valence-electron chi connectivity index (χ1n) is 9.44. The van der Waals surface area contributed by atoms with Gasteiger partial charge >= 0.3 is 5.97 Å². The molecule has 9 nitrogen and oxygen atoms in total. The molecular weight excluding hydrogens is 377 g/mol. The SMILES string of the molecule is COC(=O)c1c(F)ccc2c1N(C1CC1)C([C@H](C)Nc1ncnc3nc[nH]c13)N2. The number of H-pyrrole nitrogens is 1. The summed E-state index contributed by atoms with van der Waals surface area (Å²) in [5.74, 6) is -0.629. The summed E-state index contributed by atoms with van der Waals surface area (Å²) in [7, 11) is 1.26. The Morgan fingerprint density at radius 3 is 2.93 bits per heavy atom. The fourth-order valence-corrected chi connectivity index (χ4v) is 3.91. The van der Waals surface area contributed by atoms with Gasteiger partial charge in [-0.15, -0.1) is 0 Å². The summed E-state index contributed by atoms with van der Waals surface area (Å²) < 4.78 is 19.4. The van der Waals surface area contributed by atoms with Crippen LogP contribution >= 0.6 is 0 Å². The quantitative estimate of drug-likeness (QED) is 0.564. The number of carbonyl (C=O) groups excluding carboxylic acids is 1. The van der Waals surface area contributed by atoms with Gasteiger partial charge in [-0.1, -0.05) is 0 Å². The lowest BCUT2D eigenvalue weighted by Gasteiger charge is -2.32. The van der Waals surface area contributed by atoms with Gasteiger partial charge in [0.25, 0.3) is 0 Å². The first-order valence-corrected chi connectivity index (χ1v) is 9.44. The van der Waals surface area contributed by atoms with E-state index in [4.69, 9.17) is 4.74 Å². The molecule has 3 N–H and O–H groups in total. The molecule has 1 aromatic carbocycles. The molecular formula is C19H20FN7O2. The highest BCUT2D eigenvalue weighted by atomic mass is 19.1. The van der Waals surface area contributed by atoms with Crippen molar-refractivity contribution in [2.45, 2.75) is 38.0 Å². The van der Waals surface area contributed by atoms with E-state index in [1.807, 2.05) is 6.92 Å². The molecule has 2 aliphatic rings. The minimum absolute atomic E-state index is 0.0305. The Kier molecular flexibility index (Phi) is 4.00. The maximum absolute atomic E-state index is 14.6. The van der Waals surface area contributed by atoms with E-state index in [0.717, 1.165) is 12.8 Å². The van der Waals surface area contributed by atoms with Gasteiger partial charge in [-0.2, -0.15) is 0 Å². The van der Waals surface area contributed by atoms with Crippen LogP contribution in [0.3, 0.4) is 0 Å². The van der Waals surface area contributed by atoms with Crippen molar-refractivity contribution in [2.75, 3.05) is 22.6 Å². The van der Waals surface area contributed by atoms with Crippen LogP contribution in [0.4, 0.5) is 21.6 Å². The summed E-state index contributed by atoms with van der Waals surface area (Å²) in [5.41, 5.74) is 2.54. The molecule has 1 fully saturated rings. The van der Waals surface area contributed by atoms with Crippen LogP contribution in [0, 0.1) is 5.82 Å². The van der Waals surface area contributed by atoms with Crippen molar-refractivity contribution in [3.05, 3.63) is 36.2 Å². The van der Waals surface area contributed by atoms with Crippen LogP contribution in [0.15, 0.2) is 24.8 Å². The van der Waals surface area contributed by atoms with Gasteiger partial charge in [-0.05, 0) is 31.9 Å². The molecule has 5 rings (SSSR count). The average molecular weight is 397 g/mol. The summed E-state index contributed by atoms with van der Waals surface area (Å²) in [5, 5.41) is 6.84. The number of hydrogen-bond acceptors (Lipinski definition) is 8. The van der Waals surface area contributed by atoms with E-state index >= 15 is 0 Å². The molecule has 1 aliphatic heterocycles. The molecule has 1 saturated carbocycles. The van der Waals surface area contributed by atoms with Gasteiger partial charge in [0.15, 0.2) is 11.5 Å². The van der Waals surface area contributed by atoms with E-state index in [0.29, 0.717) is 28.4 Å². The van der Waals surface area contributed by atoms with Gasteiger partial charge in [-0.3, -0.25) is 0 Å². The second kappa shape index (κ2) is 6.57. The number of halogens is 1. The Balaban J connectivity index is 1.51. The van der Waals surface area contributed by atoms with Crippen molar-refractivity contribution in [3.63, 3.8) is 0 Å². The Morgan fingerprint density at radius 2 is 2.17 bits per heavy atom. The highest BCUT2D eigenvalue weighted by Crippen LogP contribution is 2.46. The number of carbonyl (C=O) groups is 1. The van der Waals surface area contributed by atoms with Crippen LogP contribution in [0.5, 0.6) is 0 Å². The number of nitrogens with zero attached hydrogens (tertiary/aromatic N) is 4. The number of esters is 1. The van der Waals surface area contributed by atoms with E-state index in [1.54, 1.807) is 12.4 Å². The third kappa shape index (κ3) is 2.82. The Labute approximate surface area is 165 Å². The fourth-order valence-electron chi connectivity index (χ4n) is 3.91. The first kappa shape index (κ1) is 17.7. The van der Waals surface area contributed by atoms with E-state index in [2.05, 4.69) is 35.5 Å². The number of aromatic nitrogens is 4. The molecule has 10 heteroatoms. The molecule has 0 saturated heterocycles. The van der Waals surface area contributed by atoms with Crippen LogP contribution in [-0.4, -0.2) is 51.3 Å². The maximum Gasteiger partial charge on any atom is 0.343 e. The molecule has 1 unspecified atom stereocenters. The molecule has 0 spiro atoms. The molecule has 2 aromatic heterocycles. The zero-order valence-electron chi connectivity index (χ0n) is 15.9. The van der Waals surface area contributed by atoms with Crippen molar-refractivity contribution in [1.29, 1.82) is 0 Å². The lowest BCUT2D eigenvalue weighted by molar-refractivity contribution is 0.0596. The molecule has 0 radical (unpaired) electrons. The van der Waals surface area contributed by atoms with E-state index in [-0.39, 0.29) is 23.8 Å². The molecule has 0 amide bonds. The van der Waals surface area contributed by atoms with Crippen LogP contribution in [0.1, 0.15) is 30.1 Å². The second-order valence-electron chi connectivity index (χ2n) is 7.29. The largest absolute Gasteiger partial charge is 0.465 e. The van der Waals surface area contributed by atoms with E-state index < -0.39 is 11.8 Å². The predicted molar refractivity (Wildman–Crippen MR) is 105 cm³/mol. The Bertz CT molecular complexity index is 1100. The highest BCUT2D eigenvalue weighted by molar-refractivity contribution is 6.01. The van der Waals surface area contributed by atoms with Crippen LogP contribution in [-0.2, 0) is 4.74 Å². The molecule has 0 bridgehead atoms. The number of rotatable bonds is 5. The molecule has 3 aromatic rings. The van der Waals surface area contributed by atoms with E-state index in [9.17, 15) is 9.18 Å². The zero-order valence-corrected chi connectivity index (χ0v) is 15.9. The Hall–Kier alpha value is -3.43. The minimum Gasteiger partial charge on any atom is -0.465 e. The summed E-state index contributed by atoms with van der Waals surface area (Å²) in [6, 6.07) is 3.07. The summed E-state index contributed by atoms with van der Waals surface area (Å²) >= 11 is 0. The van der Waals surface area contributed by atoms with Crippen molar-refractivity contribution >= 4 is 34.3 Å². The summed E-state index contributed by atoms with van der Waals surface area (Å²) in [6.07, 6.45) is 4.80. The van der Waals surface area contributed by atoms with Gasteiger partial charge < -0.3 is 25.3 Å². The third-order valence-corrected chi connectivity index (χ3v) is 5.38. The molecule has 150 valence electrons. The van der Waals surface area contributed by atoms with Gasteiger partial charge in [-0.25, -0.2) is 24.1 Å². The molecule has 1 aliphatic carbocycles. The number of fused-ring (bicyclic) bond motifs is 2. The van der Waals surface area contributed by atoms with Gasteiger partial charge in [0.1, 0.15) is 29.4 Å². The molecule has 2 atom stereocenters. The second-order valence-corrected chi connectivity index (χ2v) is 7.29. The number of hydrogen-bond donors (Lipinski definition) is 3. The predicted octanol–water partition coefficient (Wildman–Crippen LogP) is 2.50. The number of nitrogens with one attached hydrogen (secondary N) is 3.